The fourth-order valence-corrected chi connectivity index (χ4v) is 2.46. The summed E-state index contributed by atoms with van der Waals surface area (Å²) in [6, 6.07) is 11.1. The Morgan fingerprint density at radius 1 is 1.24 bits per heavy atom. The van der Waals surface area contributed by atoms with E-state index in [1.165, 1.54) is 4.88 Å². The van der Waals surface area contributed by atoms with Crippen molar-refractivity contribution in [2.24, 2.45) is 0 Å². The number of carbonyl (C=O) groups excluding carboxylic acids is 1. The highest BCUT2D eigenvalue weighted by atomic mass is 35.5. The van der Waals surface area contributed by atoms with Gasteiger partial charge in [0.1, 0.15) is 0 Å². The summed E-state index contributed by atoms with van der Waals surface area (Å²) in [6.45, 7) is 2.04. The molecular weight excluding hydrogens is 252 g/mol. The maximum atomic E-state index is 11.9. The highest BCUT2D eigenvalue weighted by Crippen LogP contribution is 2.19. The second kappa shape index (κ2) is 5.30. The van der Waals surface area contributed by atoms with Gasteiger partial charge in [-0.15, -0.1) is 11.3 Å². The van der Waals surface area contributed by atoms with Gasteiger partial charge in [0.2, 0.25) is 0 Å². The number of allylic oxidation sites excluding steroid dienone is 1. The first kappa shape index (κ1) is 12.1. The number of rotatable bonds is 3. The fraction of sp³-hybridized carbons (Fsp3) is 0.0714. The van der Waals surface area contributed by atoms with Crippen LogP contribution in [0, 0.1) is 6.92 Å². The smallest absolute Gasteiger partial charge is 0.187 e. The molecule has 0 aliphatic rings. The van der Waals surface area contributed by atoms with Gasteiger partial charge in [0.25, 0.3) is 0 Å². The van der Waals surface area contributed by atoms with Crippen LogP contribution in [-0.4, -0.2) is 5.78 Å². The van der Waals surface area contributed by atoms with E-state index in [9.17, 15) is 4.79 Å². The number of aryl methyl sites for hydroxylation is 1. The van der Waals surface area contributed by atoms with Gasteiger partial charge in [-0.25, -0.2) is 0 Å². The van der Waals surface area contributed by atoms with Crippen LogP contribution in [0.4, 0.5) is 0 Å². The first-order chi connectivity index (χ1) is 8.16. The van der Waals surface area contributed by atoms with Crippen molar-refractivity contribution in [1.29, 1.82) is 0 Å². The lowest BCUT2D eigenvalue weighted by Crippen LogP contribution is -1.94. The number of ketones is 1. The van der Waals surface area contributed by atoms with E-state index in [0.29, 0.717) is 10.6 Å². The lowest BCUT2D eigenvalue weighted by atomic mass is 10.1. The zero-order valence-corrected chi connectivity index (χ0v) is 10.9. The van der Waals surface area contributed by atoms with Crippen LogP contribution in [0.5, 0.6) is 0 Å². The third kappa shape index (κ3) is 3.05. The van der Waals surface area contributed by atoms with Crippen molar-refractivity contribution in [3.8, 4) is 0 Å². The van der Waals surface area contributed by atoms with Crippen molar-refractivity contribution in [1.82, 2.24) is 0 Å². The van der Waals surface area contributed by atoms with Gasteiger partial charge in [0, 0.05) is 15.3 Å². The molecule has 0 fully saturated rings. The van der Waals surface area contributed by atoms with E-state index < -0.39 is 0 Å². The molecule has 0 aliphatic carbocycles. The SMILES string of the molecule is Cc1ccc(C=CC(=O)c2ccccc2Cl)s1. The number of hydrogen-bond acceptors (Lipinski definition) is 2. The third-order valence-electron chi connectivity index (χ3n) is 2.30. The zero-order chi connectivity index (χ0) is 12.3. The Kier molecular flexibility index (Phi) is 3.77. The molecule has 0 bridgehead atoms. The molecule has 86 valence electrons. The molecule has 0 N–H and O–H groups in total. The Morgan fingerprint density at radius 2 is 2.00 bits per heavy atom. The lowest BCUT2D eigenvalue weighted by molar-refractivity contribution is 0.104. The molecule has 2 aromatic rings. The average molecular weight is 263 g/mol. The summed E-state index contributed by atoms with van der Waals surface area (Å²) in [6.07, 6.45) is 3.38. The maximum Gasteiger partial charge on any atom is 0.187 e. The largest absolute Gasteiger partial charge is 0.289 e. The van der Waals surface area contributed by atoms with Gasteiger partial charge < -0.3 is 0 Å². The highest BCUT2D eigenvalue weighted by molar-refractivity contribution is 7.12. The molecule has 0 radical (unpaired) electrons. The number of carbonyl (C=O) groups is 1. The summed E-state index contributed by atoms with van der Waals surface area (Å²) in [5, 5.41) is 0.490. The summed E-state index contributed by atoms with van der Waals surface area (Å²) >= 11 is 7.61. The normalized spacial score (nSPS) is 10.9. The van der Waals surface area contributed by atoms with Gasteiger partial charge in [0.05, 0.1) is 5.02 Å². The molecule has 1 nitrogen and oxygen atoms in total. The summed E-state index contributed by atoms with van der Waals surface area (Å²) in [7, 11) is 0. The maximum absolute atomic E-state index is 11.9. The molecule has 1 aromatic heterocycles. The first-order valence-corrected chi connectivity index (χ1v) is 6.39. The molecule has 0 aliphatic heterocycles. The van der Waals surface area contributed by atoms with Crippen LogP contribution in [0.25, 0.3) is 6.08 Å². The van der Waals surface area contributed by atoms with E-state index in [1.54, 1.807) is 29.5 Å². The molecule has 0 atom stereocenters. The number of halogens is 1. The zero-order valence-electron chi connectivity index (χ0n) is 9.31. The Labute approximate surface area is 109 Å². The number of benzene rings is 1. The van der Waals surface area contributed by atoms with Crippen molar-refractivity contribution in [2.75, 3.05) is 0 Å². The van der Waals surface area contributed by atoms with Crippen LogP contribution in [0.15, 0.2) is 42.5 Å². The number of thiophene rings is 1. The molecule has 17 heavy (non-hydrogen) atoms. The van der Waals surface area contributed by atoms with Gasteiger partial charge in [0.15, 0.2) is 5.78 Å². The van der Waals surface area contributed by atoms with Crippen LogP contribution in [0.1, 0.15) is 20.1 Å². The lowest BCUT2D eigenvalue weighted by Gasteiger charge is -1.97. The summed E-state index contributed by atoms with van der Waals surface area (Å²) in [5.41, 5.74) is 0.540. The van der Waals surface area contributed by atoms with E-state index in [1.807, 2.05) is 37.3 Å². The van der Waals surface area contributed by atoms with E-state index in [4.69, 9.17) is 11.6 Å². The molecule has 3 heteroatoms. The Morgan fingerprint density at radius 3 is 2.65 bits per heavy atom. The quantitative estimate of drug-likeness (QED) is 0.583. The van der Waals surface area contributed by atoms with Crippen LogP contribution in [0.2, 0.25) is 5.02 Å². The predicted octanol–water partition coefficient (Wildman–Crippen LogP) is 4.61. The summed E-state index contributed by atoms with van der Waals surface area (Å²) < 4.78 is 0. The van der Waals surface area contributed by atoms with E-state index in [-0.39, 0.29) is 5.78 Å². The minimum absolute atomic E-state index is 0.0679. The van der Waals surface area contributed by atoms with E-state index in [2.05, 4.69) is 0 Å². The molecule has 0 spiro atoms. The second-order valence-corrected chi connectivity index (χ2v) is 5.35. The topological polar surface area (TPSA) is 17.1 Å². The van der Waals surface area contributed by atoms with Crippen LogP contribution in [0.3, 0.4) is 0 Å². The summed E-state index contributed by atoms with van der Waals surface area (Å²) in [4.78, 5) is 14.2. The molecule has 0 saturated carbocycles. The second-order valence-electron chi connectivity index (χ2n) is 3.63. The molecule has 0 unspecified atom stereocenters. The molecule has 0 saturated heterocycles. The van der Waals surface area contributed by atoms with Crippen molar-refractivity contribution in [2.45, 2.75) is 6.92 Å². The minimum atomic E-state index is -0.0679. The van der Waals surface area contributed by atoms with Crippen LogP contribution in [-0.2, 0) is 0 Å². The van der Waals surface area contributed by atoms with Crippen molar-refractivity contribution in [3.63, 3.8) is 0 Å². The van der Waals surface area contributed by atoms with Gasteiger partial charge >= 0.3 is 0 Å². The molecule has 0 amide bonds. The first-order valence-electron chi connectivity index (χ1n) is 5.20. The number of hydrogen-bond donors (Lipinski definition) is 0. The highest BCUT2D eigenvalue weighted by Gasteiger charge is 2.05. The van der Waals surface area contributed by atoms with E-state index in [0.717, 1.165) is 4.88 Å². The van der Waals surface area contributed by atoms with Crippen molar-refractivity contribution < 1.29 is 4.79 Å². The predicted molar refractivity (Wildman–Crippen MR) is 73.9 cm³/mol. The molecule has 2 rings (SSSR count). The monoisotopic (exact) mass is 262 g/mol. The van der Waals surface area contributed by atoms with Crippen LogP contribution < -0.4 is 0 Å². The Bertz CT molecular complexity index is 569. The Balaban J connectivity index is 2.17. The summed E-state index contributed by atoms with van der Waals surface area (Å²) in [5.74, 6) is -0.0679. The molecule has 1 heterocycles. The van der Waals surface area contributed by atoms with E-state index >= 15 is 0 Å². The Hall–Kier alpha value is -1.38. The van der Waals surface area contributed by atoms with Crippen molar-refractivity contribution >= 4 is 34.8 Å². The van der Waals surface area contributed by atoms with Gasteiger partial charge in [-0.3, -0.25) is 4.79 Å². The van der Waals surface area contributed by atoms with Gasteiger partial charge in [-0.2, -0.15) is 0 Å². The average Bonchev–Trinajstić information content (AvgIpc) is 2.73. The molecular formula is C14H11ClOS. The van der Waals surface area contributed by atoms with Gasteiger partial charge in [-0.05, 0) is 43.3 Å². The third-order valence-corrected chi connectivity index (χ3v) is 3.59. The minimum Gasteiger partial charge on any atom is -0.289 e. The standard InChI is InChI=1S/C14H11ClOS/c1-10-6-7-11(17-10)8-9-14(16)12-4-2-3-5-13(12)15/h2-9H,1H3. The fourth-order valence-electron chi connectivity index (χ4n) is 1.45. The van der Waals surface area contributed by atoms with Crippen molar-refractivity contribution in [3.05, 3.63) is 62.8 Å². The van der Waals surface area contributed by atoms with Crippen LogP contribution >= 0.6 is 22.9 Å². The van der Waals surface area contributed by atoms with Gasteiger partial charge in [-0.1, -0.05) is 23.7 Å². The molecule has 1 aromatic carbocycles.